The molecule has 0 bridgehead atoms. The van der Waals surface area contributed by atoms with Gasteiger partial charge in [-0.1, -0.05) is 0 Å². The summed E-state index contributed by atoms with van der Waals surface area (Å²) < 4.78 is 26.7. The summed E-state index contributed by atoms with van der Waals surface area (Å²) in [7, 11) is 1.63. The van der Waals surface area contributed by atoms with Crippen LogP contribution in [0.25, 0.3) is 0 Å². The molecular formula is C7H10F2N2. The molecule has 1 aromatic heterocycles. The third-order valence-electron chi connectivity index (χ3n) is 1.43. The van der Waals surface area contributed by atoms with E-state index in [1.165, 1.54) is 4.68 Å². The average molecular weight is 160 g/mol. The molecule has 0 radical (unpaired) electrons. The van der Waals surface area contributed by atoms with E-state index < -0.39 is 5.92 Å². The SMILES string of the molecule is Cc1cn(C)nc1C(C)(F)F. The fourth-order valence-corrected chi connectivity index (χ4v) is 1.04. The van der Waals surface area contributed by atoms with Crippen molar-refractivity contribution in [2.75, 3.05) is 0 Å². The molecular weight excluding hydrogens is 150 g/mol. The molecule has 0 aliphatic carbocycles. The molecule has 0 aliphatic heterocycles. The first-order valence-corrected chi connectivity index (χ1v) is 3.30. The molecule has 62 valence electrons. The highest BCUT2D eigenvalue weighted by molar-refractivity contribution is 5.18. The summed E-state index contributed by atoms with van der Waals surface area (Å²) in [5.74, 6) is -2.83. The van der Waals surface area contributed by atoms with Gasteiger partial charge in [-0.3, -0.25) is 4.68 Å². The van der Waals surface area contributed by atoms with Crippen LogP contribution in [0.5, 0.6) is 0 Å². The van der Waals surface area contributed by atoms with E-state index >= 15 is 0 Å². The molecule has 0 saturated heterocycles. The molecule has 0 aromatic carbocycles. The maximum Gasteiger partial charge on any atom is 0.289 e. The van der Waals surface area contributed by atoms with Gasteiger partial charge >= 0.3 is 0 Å². The first kappa shape index (κ1) is 8.17. The number of rotatable bonds is 1. The first-order valence-electron chi connectivity index (χ1n) is 3.30. The van der Waals surface area contributed by atoms with Gasteiger partial charge in [-0.15, -0.1) is 0 Å². The summed E-state index contributed by atoms with van der Waals surface area (Å²) in [4.78, 5) is 0. The van der Waals surface area contributed by atoms with E-state index in [-0.39, 0.29) is 5.69 Å². The molecule has 1 aromatic rings. The van der Waals surface area contributed by atoms with Crippen molar-refractivity contribution in [1.82, 2.24) is 9.78 Å². The molecule has 0 fully saturated rings. The second-order valence-electron chi connectivity index (χ2n) is 2.72. The van der Waals surface area contributed by atoms with Gasteiger partial charge in [-0.25, -0.2) is 0 Å². The van der Waals surface area contributed by atoms with Gasteiger partial charge in [0.2, 0.25) is 0 Å². The Kier molecular flexibility index (Phi) is 1.70. The van der Waals surface area contributed by atoms with Gasteiger partial charge < -0.3 is 0 Å². The molecule has 0 aliphatic rings. The summed E-state index contributed by atoms with van der Waals surface area (Å²) in [5, 5.41) is 3.65. The van der Waals surface area contributed by atoms with Crippen LogP contribution < -0.4 is 0 Å². The van der Waals surface area contributed by atoms with Gasteiger partial charge in [0.05, 0.1) is 0 Å². The minimum absolute atomic E-state index is 0.139. The highest BCUT2D eigenvalue weighted by Gasteiger charge is 2.29. The fourth-order valence-electron chi connectivity index (χ4n) is 1.04. The molecule has 0 amide bonds. The summed E-state index contributed by atoms with van der Waals surface area (Å²) in [5.41, 5.74) is 0.389. The Balaban J connectivity index is 3.13. The van der Waals surface area contributed by atoms with Crippen molar-refractivity contribution in [3.8, 4) is 0 Å². The number of hydrogen-bond acceptors (Lipinski definition) is 1. The molecule has 0 N–H and O–H groups in total. The quantitative estimate of drug-likeness (QED) is 0.613. The molecule has 1 rings (SSSR count). The van der Waals surface area contributed by atoms with Crippen LogP contribution in [0.2, 0.25) is 0 Å². The van der Waals surface area contributed by atoms with E-state index in [1.807, 2.05) is 0 Å². The van der Waals surface area contributed by atoms with Crippen molar-refractivity contribution in [3.05, 3.63) is 17.5 Å². The Morgan fingerprint density at radius 2 is 2.09 bits per heavy atom. The van der Waals surface area contributed by atoms with Gasteiger partial charge in [0.15, 0.2) is 0 Å². The van der Waals surface area contributed by atoms with E-state index in [0.717, 1.165) is 6.92 Å². The summed E-state index contributed by atoms with van der Waals surface area (Å²) in [6.07, 6.45) is 1.58. The maximum absolute atomic E-state index is 12.7. The van der Waals surface area contributed by atoms with Crippen LogP contribution in [-0.4, -0.2) is 9.78 Å². The van der Waals surface area contributed by atoms with E-state index in [0.29, 0.717) is 5.56 Å². The Morgan fingerprint density at radius 3 is 2.27 bits per heavy atom. The van der Waals surface area contributed by atoms with Crippen LogP contribution in [0.4, 0.5) is 8.78 Å². The number of aromatic nitrogens is 2. The fraction of sp³-hybridized carbons (Fsp3) is 0.571. The lowest BCUT2D eigenvalue weighted by atomic mass is 10.2. The van der Waals surface area contributed by atoms with Crippen LogP contribution in [0.15, 0.2) is 6.20 Å². The molecule has 0 spiro atoms. The van der Waals surface area contributed by atoms with Gasteiger partial charge in [-0.2, -0.15) is 13.9 Å². The van der Waals surface area contributed by atoms with Crippen LogP contribution in [0.1, 0.15) is 18.2 Å². The second kappa shape index (κ2) is 2.29. The van der Waals surface area contributed by atoms with Crippen molar-refractivity contribution in [2.24, 2.45) is 7.05 Å². The Bertz CT molecular complexity index is 260. The molecule has 0 atom stereocenters. The highest BCUT2D eigenvalue weighted by atomic mass is 19.3. The Labute approximate surface area is 63.8 Å². The van der Waals surface area contributed by atoms with Crippen molar-refractivity contribution in [3.63, 3.8) is 0 Å². The number of nitrogens with zero attached hydrogens (tertiary/aromatic N) is 2. The number of aryl methyl sites for hydroxylation is 2. The lowest BCUT2D eigenvalue weighted by Gasteiger charge is -2.06. The van der Waals surface area contributed by atoms with Crippen LogP contribution in [0.3, 0.4) is 0 Å². The van der Waals surface area contributed by atoms with Gasteiger partial charge in [-0.05, 0) is 12.5 Å². The zero-order valence-electron chi connectivity index (χ0n) is 6.73. The zero-order valence-corrected chi connectivity index (χ0v) is 6.73. The molecule has 11 heavy (non-hydrogen) atoms. The third-order valence-corrected chi connectivity index (χ3v) is 1.43. The first-order chi connectivity index (χ1) is 4.91. The highest BCUT2D eigenvalue weighted by Crippen LogP contribution is 2.27. The van der Waals surface area contributed by atoms with Crippen molar-refractivity contribution < 1.29 is 8.78 Å². The third kappa shape index (κ3) is 1.56. The van der Waals surface area contributed by atoms with E-state index in [9.17, 15) is 8.78 Å². The minimum atomic E-state index is -2.83. The minimum Gasteiger partial charge on any atom is -0.275 e. The van der Waals surface area contributed by atoms with Crippen molar-refractivity contribution in [2.45, 2.75) is 19.8 Å². The summed E-state index contributed by atoms with van der Waals surface area (Å²) in [6.45, 7) is 2.47. The van der Waals surface area contributed by atoms with Crippen LogP contribution in [-0.2, 0) is 13.0 Å². The summed E-state index contributed by atoms with van der Waals surface area (Å²) >= 11 is 0. The summed E-state index contributed by atoms with van der Waals surface area (Å²) in [6, 6.07) is 0. The maximum atomic E-state index is 12.7. The van der Waals surface area contributed by atoms with Crippen molar-refractivity contribution >= 4 is 0 Å². The molecule has 0 saturated carbocycles. The largest absolute Gasteiger partial charge is 0.289 e. The average Bonchev–Trinajstić information content (AvgIpc) is 2.08. The van der Waals surface area contributed by atoms with Crippen molar-refractivity contribution in [1.29, 1.82) is 0 Å². The van der Waals surface area contributed by atoms with Crippen LogP contribution >= 0.6 is 0 Å². The lowest BCUT2D eigenvalue weighted by Crippen LogP contribution is -2.09. The van der Waals surface area contributed by atoms with E-state index in [1.54, 1.807) is 20.2 Å². The standard InChI is InChI=1S/C7H10F2N2/c1-5-4-11(3)10-6(5)7(2,8)9/h4H,1-3H3. The normalized spacial score (nSPS) is 12.1. The second-order valence-corrected chi connectivity index (χ2v) is 2.72. The predicted molar refractivity (Wildman–Crippen MR) is 37.5 cm³/mol. The van der Waals surface area contributed by atoms with Gasteiger partial charge in [0.25, 0.3) is 5.92 Å². The smallest absolute Gasteiger partial charge is 0.275 e. The molecule has 4 heteroatoms. The van der Waals surface area contributed by atoms with E-state index in [4.69, 9.17) is 0 Å². The van der Waals surface area contributed by atoms with Crippen LogP contribution in [0, 0.1) is 6.92 Å². The number of halogens is 2. The molecule has 1 heterocycles. The number of alkyl halides is 2. The Hall–Kier alpha value is -0.930. The molecule has 2 nitrogen and oxygen atoms in total. The predicted octanol–water partition coefficient (Wildman–Crippen LogP) is 1.84. The topological polar surface area (TPSA) is 17.8 Å². The number of hydrogen-bond donors (Lipinski definition) is 0. The zero-order chi connectivity index (χ0) is 8.65. The van der Waals surface area contributed by atoms with E-state index in [2.05, 4.69) is 5.10 Å². The lowest BCUT2D eigenvalue weighted by molar-refractivity contribution is 0.0116. The monoisotopic (exact) mass is 160 g/mol. The molecule has 0 unspecified atom stereocenters. The Morgan fingerprint density at radius 1 is 1.55 bits per heavy atom. The van der Waals surface area contributed by atoms with Gasteiger partial charge in [0, 0.05) is 20.2 Å². The van der Waals surface area contributed by atoms with Gasteiger partial charge in [0.1, 0.15) is 5.69 Å².